The van der Waals surface area contributed by atoms with E-state index in [-0.39, 0.29) is 54.5 Å². The smallest absolute Gasteiger partial charge is 0.326 e. The first-order valence-electron chi connectivity index (χ1n) is 27.7. The van der Waals surface area contributed by atoms with Crippen molar-refractivity contribution in [3.63, 3.8) is 0 Å². The number of carbonyl (C=O) groups is 4. The molecular formula is C61H69Cl2FN10O7. The molecule has 3 aliphatic heterocycles. The van der Waals surface area contributed by atoms with Crippen LogP contribution in [-0.2, 0) is 22.7 Å². The minimum atomic E-state index is -0.756. The van der Waals surface area contributed by atoms with Gasteiger partial charge in [-0.3, -0.25) is 29.0 Å². The summed E-state index contributed by atoms with van der Waals surface area (Å²) in [5.41, 5.74) is 11.7. The van der Waals surface area contributed by atoms with Gasteiger partial charge >= 0.3 is 6.03 Å². The summed E-state index contributed by atoms with van der Waals surface area (Å²) in [4.78, 5) is 77.2. The molecule has 2 aromatic heterocycles. The van der Waals surface area contributed by atoms with Gasteiger partial charge in [0, 0.05) is 78.9 Å². The van der Waals surface area contributed by atoms with Crippen LogP contribution in [0.2, 0.25) is 10.0 Å². The number of aryl methyl sites for hydroxylation is 2. The quantitative estimate of drug-likeness (QED) is 0.0759. The number of nitrogens with zero attached hydrogens (tertiary/aromatic N) is 9. The Morgan fingerprint density at radius 1 is 0.840 bits per heavy atom. The van der Waals surface area contributed by atoms with Crippen molar-refractivity contribution in [3.8, 4) is 28.6 Å². The number of piperazine rings is 1. The normalized spacial score (nSPS) is 17.3. The van der Waals surface area contributed by atoms with Gasteiger partial charge in [-0.05, 0) is 113 Å². The Labute approximate surface area is 482 Å². The number of anilines is 1. The number of carbonyl (C=O) groups excluding carboxylic acids is 4. The molecular weight excluding hydrogens is 1070 g/mol. The van der Waals surface area contributed by atoms with Crippen molar-refractivity contribution in [1.29, 1.82) is 0 Å². The molecule has 5 heterocycles. The van der Waals surface area contributed by atoms with E-state index in [9.17, 15) is 18.8 Å². The first-order chi connectivity index (χ1) is 39.0. The molecule has 9 rings (SSSR count). The number of nitrogen functional groups attached to an aromatic ring is 1. The fourth-order valence-electron chi connectivity index (χ4n) is 10.9. The summed E-state index contributed by atoms with van der Waals surface area (Å²) in [6, 6.07) is 22.8. The minimum absolute atomic E-state index is 0.0581. The summed E-state index contributed by atoms with van der Waals surface area (Å²) in [5, 5.41) is 5.96. The molecule has 81 heavy (non-hydrogen) atoms. The molecule has 0 unspecified atom stereocenters. The summed E-state index contributed by atoms with van der Waals surface area (Å²) in [6.07, 6.45) is 7.41. The second kappa shape index (κ2) is 25.9. The predicted octanol–water partition coefficient (Wildman–Crippen LogP) is 11.8. The highest BCUT2D eigenvalue weighted by molar-refractivity contribution is 6.30. The van der Waals surface area contributed by atoms with E-state index in [0.29, 0.717) is 112 Å². The number of benzene rings is 4. The number of aromatic nitrogens is 4. The van der Waals surface area contributed by atoms with Crippen molar-refractivity contribution in [2.45, 2.75) is 123 Å². The summed E-state index contributed by atoms with van der Waals surface area (Å²) in [5.74, 6) is 0.874. The molecule has 4 amide bonds. The van der Waals surface area contributed by atoms with Gasteiger partial charge in [0.2, 0.25) is 5.91 Å². The molecule has 1 saturated heterocycles. The number of hydrogen-bond donors (Lipinski definition) is 1. The van der Waals surface area contributed by atoms with Gasteiger partial charge < -0.3 is 34.6 Å². The van der Waals surface area contributed by atoms with E-state index in [2.05, 4.69) is 4.98 Å². The Hall–Kier alpha value is -7.57. The van der Waals surface area contributed by atoms with Gasteiger partial charge in [-0.1, -0.05) is 73.2 Å². The number of halogens is 3. The molecule has 6 aromatic rings. The molecule has 1 fully saturated rings. The number of methoxy groups -OCH3 is 1. The van der Waals surface area contributed by atoms with Crippen LogP contribution in [0.25, 0.3) is 11.3 Å². The maximum absolute atomic E-state index is 15.1. The average molecular weight is 1140 g/mol. The van der Waals surface area contributed by atoms with E-state index >= 15 is 4.79 Å². The lowest BCUT2D eigenvalue weighted by atomic mass is 9.93. The standard InChI is InChI=1S/C61H69Cl2FN10O7/c1-37(2)80-52-33-46(79-6)25-27-48(52)58-68-55(40-16-20-42(62)21-17-40)56(41-18-22-43(63)23-19-41)74(58)61(78)72-31-30-71(53(76)36-72)28-12-10-8-7-9-11-14-45(75)15-13-29-73-51-35-70(5)60(77)47-26-24-44(64)32-49(47)39(4)81-59-57(65)66-34-50(67-59)54(51)38(3)69-73/h16-27,32-34,37,39,55-56H,7-15,28-31,35-36H2,1-6H3,(H2,65,66)/t39-,55-,56+/m1/s1. The maximum Gasteiger partial charge on any atom is 0.326 e. The van der Waals surface area contributed by atoms with Gasteiger partial charge in [0.25, 0.3) is 11.8 Å². The third kappa shape index (κ3) is 13.5. The molecule has 0 saturated carbocycles. The van der Waals surface area contributed by atoms with Crippen LogP contribution in [-0.4, -0.2) is 115 Å². The van der Waals surface area contributed by atoms with E-state index in [1.807, 2.05) is 78.9 Å². The molecule has 3 atom stereocenters. The highest BCUT2D eigenvalue weighted by Crippen LogP contribution is 2.46. The van der Waals surface area contributed by atoms with Crippen LogP contribution in [0.5, 0.6) is 17.4 Å². The fraction of sp³-hybridized carbons (Fsp3) is 0.410. The first-order valence-corrected chi connectivity index (χ1v) is 28.5. The van der Waals surface area contributed by atoms with Crippen LogP contribution in [0.15, 0.2) is 96.1 Å². The molecule has 3 aliphatic rings. The van der Waals surface area contributed by atoms with Crippen molar-refractivity contribution in [2.24, 2.45) is 4.99 Å². The fourth-order valence-corrected chi connectivity index (χ4v) is 11.1. The molecule has 20 heteroatoms. The monoisotopic (exact) mass is 1140 g/mol. The number of Topliss-reactive ketones (excluding diaryl/α,β-unsaturated/α-hetero) is 1. The highest BCUT2D eigenvalue weighted by atomic mass is 35.5. The number of nitrogens with two attached hydrogens (primary N) is 1. The van der Waals surface area contributed by atoms with Crippen molar-refractivity contribution in [1.82, 2.24) is 39.3 Å². The van der Waals surface area contributed by atoms with Gasteiger partial charge in [0.05, 0.1) is 54.6 Å². The molecule has 2 bridgehead atoms. The maximum atomic E-state index is 15.1. The Balaban J connectivity index is 0.761. The number of fused-ring (bicyclic) bond motifs is 5. The van der Waals surface area contributed by atoms with Gasteiger partial charge in [-0.25, -0.2) is 19.2 Å². The third-order valence-corrected chi connectivity index (χ3v) is 15.5. The van der Waals surface area contributed by atoms with Crippen LogP contribution in [0, 0.1) is 12.7 Å². The Bertz CT molecular complexity index is 3300. The SMILES string of the molecule is COc1ccc(C2=N[C@H](c3ccc(Cl)cc3)[C@H](c3ccc(Cl)cc3)N2C(=O)N2CCN(CCCCCCCCC(=O)CCCn3nc(C)c4c3CN(C)C(=O)c3ccc(F)cc3[C@@H](C)Oc3nc-4cnc3N)C(=O)C2)c(OC(C)C)c1. The number of aliphatic imine (C=N–C) groups is 1. The topological polar surface area (TPSA) is 191 Å². The molecule has 0 aliphatic carbocycles. The van der Waals surface area contributed by atoms with Crippen molar-refractivity contribution in [3.05, 3.63) is 146 Å². The Morgan fingerprint density at radius 3 is 2.22 bits per heavy atom. The zero-order valence-corrected chi connectivity index (χ0v) is 48.2. The molecule has 426 valence electrons. The lowest BCUT2D eigenvalue weighted by Gasteiger charge is -2.38. The second-order valence-corrected chi connectivity index (χ2v) is 22.0. The van der Waals surface area contributed by atoms with Gasteiger partial charge in [0.1, 0.15) is 47.6 Å². The van der Waals surface area contributed by atoms with Crippen LogP contribution >= 0.6 is 23.2 Å². The van der Waals surface area contributed by atoms with Gasteiger partial charge in [-0.15, -0.1) is 0 Å². The van der Waals surface area contributed by atoms with Crippen LogP contribution < -0.4 is 19.9 Å². The van der Waals surface area contributed by atoms with E-state index in [0.717, 1.165) is 49.7 Å². The summed E-state index contributed by atoms with van der Waals surface area (Å²) >= 11 is 12.8. The van der Waals surface area contributed by atoms with E-state index in [1.165, 1.54) is 18.2 Å². The zero-order chi connectivity index (χ0) is 57.5. The first kappa shape index (κ1) is 58.1. The van der Waals surface area contributed by atoms with Gasteiger partial charge in [0.15, 0.2) is 5.82 Å². The summed E-state index contributed by atoms with van der Waals surface area (Å²) in [7, 11) is 3.27. The molecule has 0 spiro atoms. The second-order valence-electron chi connectivity index (χ2n) is 21.2. The molecule has 17 nitrogen and oxygen atoms in total. The largest absolute Gasteiger partial charge is 0.497 e. The number of urea groups is 1. The Morgan fingerprint density at radius 2 is 1.52 bits per heavy atom. The number of amides is 4. The number of unbranched alkanes of at least 4 members (excludes halogenated alkanes) is 5. The lowest BCUT2D eigenvalue weighted by Crippen LogP contribution is -2.56. The number of ketones is 1. The van der Waals surface area contributed by atoms with Gasteiger partial charge in [-0.2, -0.15) is 5.10 Å². The number of hydrogen-bond acceptors (Lipinski definition) is 12. The molecule has 2 N–H and O–H groups in total. The van der Waals surface area contributed by atoms with Crippen molar-refractivity contribution < 1.29 is 37.8 Å². The third-order valence-electron chi connectivity index (χ3n) is 15.0. The summed E-state index contributed by atoms with van der Waals surface area (Å²) in [6.45, 7) is 9.29. The lowest BCUT2D eigenvalue weighted by molar-refractivity contribution is -0.135. The summed E-state index contributed by atoms with van der Waals surface area (Å²) < 4.78 is 34.3. The number of rotatable bonds is 19. The van der Waals surface area contributed by atoms with Crippen LogP contribution in [0.3, 0.4) is 0 Å². The zero-order valence-electron chi connectivity index (χ0n) is 46.7. The minimum Gasteiger partial charge on any atom is -0.497 e. The van der Waals surface area contributed by atoms with Crippen LogP contribution in [0.1, 0.15) is 141 Å². The van der Waals surface area contributed by atoms with Crippen molar-refractivity contribution in [2.75, 3.05) is 46.1 Å². The molecule has 4 aromatic carbocycles. The number of amidine groups is 1. The average Bonchev–Trinajstić information content (AvgIpc) is 3.92. The highest BCUT2D eigenvalue weighted by Gasteiger charge is 2.46. The van der Waals surface area contributed by atoms with Crippen LogP contribution in [0.4, 0.5) is 15.0 Å². The molecule has 0 radical (unpaired) electrons. The van der Waals surface area contributed by atoms with Crippen molar-refractivity contribution >= 4 is 58.5 Å². The Kier molecular flexibility index (Phi) is 18.6. The van der Waals surface area contributed by atoms with E-state index in [4.69, 9.17) is 58.2 Å². The predicted molar refractivity (Wildman–Crippen MR) is 309 cm³/mol. The van der Waals surface area contributed by atoms with E-state index in [1.54, 1.807) is 60.2 Å². The number of ether oxygens (including phenoxy) is 3. The van der Waals surface area contributed by atoms with E-state index < -0.39 is 24.0 Å².